The van der Waals surface area contributed by atoms with E-state index in [2.05, 4.69) is 9.72 Å². The molecule has 13 heavy (non-hydrogen) atoms. The number of nitrogens with zero attached hydrogens (tertiary/aromatic N) is 1. The Morgan fingerprint density at radius 2 is 2.38 bits per heavy atom. The molecule has 0 aliphatic heterocycles. The van der Waals surface area contributed by atoms with Gasteiger partial charge in [-0.3, -0.25) is 0 Å². The van der Waals surface area contributed by atoms with Crippen LogP contribution in [0.25, 0.3) is 0 Å². The molecule has 1 heterocycles. The Kier molecular flexibility index (Phi) is 2.11. The largest absolute Gasteiger partial charge is 0.464 e. The van der Waals surface area contributed by atoms with Crippen molar-refractivity contribution in [1.29, 1.82) is 0 Å². The van der Waals surface area contributed by atoms with E-state index in [-0.39, 0.29) is 5.97 Å². The van der Waals surface area contributed by atoms with Gasteiger partial charge >= 0.3 is 5.97 Å². The average molecular weight is 195 g/mol. The van der Waals surface area contributed by atoms with Crippen LogP contribution in [-0.2, 0) is 4.74 Å². The predicted molar refractivity (Wildman–Crippen MR) is 53.6 cm³/mol. The van der Waals surface area contributed by atoms with E-state index < -0.39 is 0 Å². The van der Waals surface area contributed by atoms with Gasteiger partial charge in [-0.1, -0.05) is 0 Å². The van der Waals surface area contributed by atoms with E-state index in [0.717, 1.165) is 9.78 Å². The number of carbonyl (C=O) groups is 1. The minimum atomic E-state index is -0.319. The molecule has 1 aromatic rings. The van der Waals surface area contributed by atoms with Crippen LogP contribution < -0.4 is 4.78 Å². The van der Waals surface area contributed by atoms with Crippen LogP contribution in [0.4, 0.5) is 0 Å². The fourth-order valence-electron chi connectivity index (χ4n) is 1.21. The lowest BCUT2D eigenvalue weighted by Gasteiger charge is -1.93. The Morgan fingerprint density at radius 3 is 2.92 bits per heavy atom. The highest BCUT2D eigenvalue weighted by atomic mass is 32.1. The van der Waals surface area contributed by atoms with E-state index in [1.165, 1.54) is 20.0 Å². The molecule has 1 fully saturated rings. The Hall–Kier alpha value is -0.835. The zero-order chi connectivity index (χ0) is 9.42. The van der Waals surface area contributed by atoms with Gasteiger partial charge in [0.1, 0.15) is 0 Å². The molecule has 0 amide bonds. The molecule has 0 spiro atoms. The third kappa shape index (κ3) is 1.61. The van der Waals surface area contributed by atoms with Gasteiger partial charge in [0.2, 0.25) is 0 Å². The van der Waals surface area contributed by atoms with Crippen LogP contribution in [-0.4, -0.2) is 25.9 Å². The number of ether oxygens (including phenoxy) is 1. The van der Waals surface area contributed by atoms with E-state index in [9.17, 15) is 4.79 Å². The summed E-state index contributed by atoms with van der Waals surface area (Å²) in [4.78, 5) is 15.5. The summed E-state index contributed by atoms with van der Waals surface area (Å²) in [5, 5.41) is 1.10. The standard InChI is InChI=1S/C8H10BNO2S/c1-12-8(11)5-6(9)13-7(10-5)4-2-3-4/h4H,2-3,9H2,1H3. The summed E-state index contributed by atoms with van der Waals surface area (Å²) in [6, 6.07) is 0. The molecule has 0 radical (unpaired) electrons. The highest BCUT2D eigenvalue weighted by molar-refractivity contribution is 7.20. The molecule has 0 N–H and O–H groups in total. The first-order valence-corrected chi connectivity index (χ1v) is 5.09. The summed E-state index contributed by atoms with van der Waals surface area (Å²) >= 11 is 1.62. The minimum absolute atomic E-state index is 0.319. The topological polar surface area (TPSA) is 39.2 Å². The van der Waals surface area contributed by atoms with Gasteiger partial charge in [-0.2, -0.15) is 0 Å². The molecule has 0 unspecified atom stereocenters. The number of thiazole rings is 1. The smallest absolute Gasteiger partial charge is 0.356 e. The molecule has 68 valence electrons. The van der Waals surface area contributed by atoms with Crippen LogP contribution in [0.15, 0.2) is 0 Å². The van der Waals surface area contributed by atoms with Gasteiger partial charge in [0.15, 0.2) is 13.5 Å². The zero-order valence-electron chi connectivity index (χ0n) is 7.66. The fraction of sp³-hybridized carbons (Fsp3) is 0.500. The predicted octanol–water partition coefficient (Wildman–Crippen LogP) is 0.0655. The van der Waals surface area contributed by atoms with Crippen molar-refractivity contribution >= 4 is 29.9 Å². The van der Waals surface area contributed by atoms with Gasteiger partial charge in [0.05, 0.1) is 12.1 Å². The summed E-state index contributed by atoms with van der Waals surface area (Å²) < 4.78 is 5.60. The molecular formula is C8H10BNO2S. The van der Waals surface area contributed by atoms with E-state index in [4.69, 9.17) is 0 Å². The molecule has 1 saturated carbocycles. The molecule has 0 atom stereocenters. The summed E-state index contributed by atoms with van der Waals surface area (Å²) in [5.41, 5.74) is 0.495. The van der Waals surface area contributed by atoms with Crippen LogP contribution in [0.3, 0.4) is 0 Å². The van der Waals surface area contributed by atoms with Crippen molar-refractivity contribution in [2.45, 2.75) is 18.8 Å². The van der Waals surface area contributed by atoms with E-state index in [1.54, 1.807) is 11.3 Å². The Morgan fingerprint density at radius 1 is 1.69 bits per heavy atom. The molecule has 1 aliphatic rings. The van der Waals surface area contributed by atoms with Crippen molar-refractivity contribution in [2.75, 3.05) is 7.11 Å². The molecular weight excluding hydrogens is 185 g/mol. The molecule has 5 heteroatoms. The highest BCUT2D eigenvalue weighted by Gasteiger charge is 2.28. The number of esters is 1. The fourth-order valence-corrected chi connectivity index (χ4v) is 2.29. The van der Waals surface area contributed by atoms with Crippen LogP contribution in [0.2, 0.25) is 0 Å². The zero-order valence-corrected chi connectivity index (χ0v) is 8.48. The number of aromatic nitrogens is 1. The van der Waals surface area contributed by atoms with Crippen molar-refractivity contribution in [3.63, 3.8) is 0 Å². The van der Waals surface area contributed by atoms with Gasteiger partial charge in [-0.25, -0.2) is 9.78 Å². The van der Waals surface area contributed by atoms with Crippen molar-refractivity contribution in [2.24, 2.45) is 0 Å². The van der Waals surface area contributed by atoms with Gasteiger partial charge in [0, 0.05) is 5.92 Å². The number of hydrogen-bond acceptors (Lipinski definition) is 4. The van der Waals surface area contributed by atoms with E-state index >= 15 is 0 Å². The molecule has 0 bridgehead atoms. The molecule has 1 aliphatic carbocycles. The SMILES string of the molecule is Bc1sc(C2CC2)nc1C(=O)OC. The average Bonchev–Trinajstić information content (AvgIpc) is 2.89. The molecule has 0 aromatic carbocycles. The van der Waals surface area contributed by atoms with Gasteiger partial charge < -0.3 is 4.74 Å². The first-order chi connectivity index (χ1) is 6.22. The third-order valence-corrected chi connectivity index (χ3v) is 3.25. The van der Waals surface area contributed by atoms with Crippen molar-refractivity contribution < 1.29 is 9.53 Å². The molecule has 3 nitrogen and oxygen atoms in total. The van der Waals surface area contributed by atoms with Crippen LogP contribution in [0.5, 0.6) is 0 Å². The van der Waals surface area contributed by atoms with Gasteiger partial charge in [-0.15, -0.1) is 11.3 Å². The maximum absolute atomic E-state index is 11.2. The van der Waals surface area contributed by atoms with Crippen molar-refractivity contribution in [3.8, 4) is 0 Å². The maximum atomic E-state index is 11.2. The molecule has 1 aromatic heterocycles. The first kappa shape index (κ1) is 8.75. The summed E-state index contributed by atoms with van der Waals surface area (Å²) in [5.74, 6) is 0.294. The number of rotatable bonds is 2. The third-order valence-electron chi connectivity index (χ3n) is 2.12. The second kappa shape index (κ2) is 3.14. The quantitative estimate of drug-likeness (QED) is 0.495. The number of hydrogen-bond donors (Lipinski definition) is 0. The Bertz CT molecular complexity index is 346. The lowest BCUT2D eigenvalue weighted by atomic mass is 10.1. The van der Waals surface area contributed by atoms with E-state index in [1.807, 2.05) is 7.85 Å². The summed E-state index contributed by atoms with van der Waals surface area (Å²) in [6.07, 6.45) is 2.43. The number of carbonyl (C=O) groups excluding carboxylic acids is 1. The Balaban J connectivity index is 2.29. The lowest BCUT2D eigenvalue weighted by molar-refractivity contribution is 0.0596. The van der Waals surface area contributed by atoms with Crippen LogP contribution in [0, 0.1) is 0 Å². The molecule has 0 saturated heterocycles. The Labute approximate surface area is 81.5 Å². The second-order valence-corrected chi connectivity index (χ2v) is 4.46. The van der Waals surface area contributed by atoms with Crippen molar-refractivity contribution in [1.82, 2.24) is 4.98 Å². The first-order valence-electron chi connectivity index (χ1n) is 4.28. The highest BCUT2D eigenvalue weighted by Crippen LogP contribution is 2.40. The van der Waals surface area contributed by atoms with Crippen LogP contribution in [0.1, 0.15) is 34.3 Å². The minimum Gasteiger partial charge on any atom is -0.464 e. The normalized spacial score (nSPS) is 15.8. The van der Waals surface area contributed by atoms with E-state index in [0.29, 0.717) is 11.6 Å². The summed E-state index contributed by atoms with van der Waals surface area (Å²) in [7, 11) is 3.30. The van der Waals surface area contributed by atoms with Crippen molar-refractivity contribution in [3.05, 3.63) is 10.7 Å². The second-order valence-electron chi connectivity index (χ2n) is 3.22. The van der Waals surface area contributed by atoms with Gasteiger partial charge in [-0.05, 0) is 17.6 Å². The van der Waals surface area contributed by atoms with Crippen LogP contribution >= 0.6 is 11.3 Å². The lowest BCUT2D eigenvalue weighted by Crippen LogP contribution is -2.13. The maximum Gasteiger partial charge on any atom is 0.356 e. The molecule has 2 rings (SSSR count). The monoisotopic (exact) mass is 195 g/mol. The number of methoxy groups -OCH3 is 1. The van der Waals surface area contributed by atoms with Gasteiger partial charge in [0.25, 0.3) is 0 Å². The summed E-state index contributed by atoms with van der Waals surface area (Å²) in [6.45, 7) is 0.